The van der Waals surface area contributed by atoms with Gasteiger partial charge >= 0.3 is 5.97 Å². The maximum atomic E-state index is 13.7. The fourth-order valence-corrected chi connectivity index (χ4v) is 9.30. The smallest absolute Gasteiger partial charge is 0.338 e. The van der Waals surface area contributed by atoms with Gasteiger partial charge in [-0.2, -0.15) is 0 Å². The van der Waals surface area contributed by atoms with Crippen LogP contribution >= 0.6 is 0 Å². The highest BCUT2D eigenvalue weighted by molar-refractivity contribution is 5.97. The molecule has 0 bridgehead atoms. The number of nitrogens with zero attached hydrogens (tertiary/aromatic N) is 1. The monoisotopic (exact) mass is 1110 g/mol. The molecular formula is C61H91N9O10. The molecule has 3 aromatic carbocycles. The molecule has 0 aliphatic rings. The Morgan fingerprint density at radius 2 is 1.41 bits per heavy atom. The molecule has 0 aliphatic heterocycles. The molecule has 440 valence electrons. The summed E-state index contributed by atoms with van der Waals surface area (Å²) in [6, 6.07) is 15.0. The van der Waals surface area contributed by atoms with Crippen LogP contribution in [-0.4, -0.2) is 121 Å². The Labute approximate surface area is 473 Å². The SMILES string of the molecule is CCCCNC(=O)C[C@H](O)[C@H](CC(C)C)NC(=O)[C@@H](NC(=O)Cc1ccc2cc(C(=O)OCCCC(=O)N[C@H](C(=O)N[C@H](CCCCN)C(=O)NCCCC(C)Nc3cc(OC)cc4cccnc34)C(C)C)ccc2c1)C(C)CC. The molecule has 19 heteroatoms. The highest BCUT2D eigenvalue weighted by Gasteiger charge is 2.32. The van der Waals surface area contributed by atoms with Crippen molar-refractivity contribution in [1.82, 2.24) is 36.9 Å². The quantitative estimate of drug-likeness (QED) is 0.0168. The number of benzene rings is 3. The lowest BCUT2D eigenvalue weighted by Crippen LogP contribution is -2.55. The number of fused-ring (bicyclic) bond motifs is 2. The number of amides is 6. The Hall–Kier alpha value is -6.86. The number of nitrogens with one attached hydrogen (secondary N) is 7. The summed E-state index contributed by atoms with van der Waals surface area (Å²) < 4.78 is 11.0. The first-order chi connectivity index (χ1) is 38.3. The zero-order valence-electron chi connectivity index (χ0n) is 48.7. The van der Waals surface area contributed by atoms with Crippen LogP contribution in [0.2, 0.25) is 0 Å². The number of carbonyl (C=O) groups excluding carboxylic acids is 7. The Morgan fingerprint density at radius 3 is 2.11 bits per heavy atom. The van der Waals surface area contributed by atoms with E-state index < -0.39 is 54.0 Å². The Bertz CT molecular complexity index is 2650. The van der Waals surface area contributed by atoms with E-state index in [9.17, 15) is 38.7 Å². The van der Waals surface area contributed by atoms with Gasteiger partial charge in [0, 0.05) is 43.2 Å². The van der Waals surface area contributed by atoms with Crippen molar-refractivity contribution < 1.29 is 48.1 Å². The normalized spacial score (nSPS) is 14.0. The molecule has 6 amide bonds. The van der Waals surface area contributed by atoms with Gasteiger partial charge in [-0.1, -0.05) is 91.6 Å². The molecule has 1 heterocycles. The number of aliphatic hydroxyl groups excluding tert-OH is 1. The maximum absolute atomic E-state index is 13.7. The zero-order valence-corrected chi connectivity index (χ0v) is 48.7. The van der Waals surface area contributed by atoms with Crippen LogP contribution in [-0.2, 0) is 39.9 Å². The number of hydrogen-bond donors (Lipinski definition) is 9. The van der Waals surface area contributed by atoms with Crippen molar-refractivity contribution in [2.75, 3.05) is 38.7 Å². The van der Waals surface area contributed by atoms with E-state index in [2.05, 4.69) is 49.1 Å². The molecule has 4 rings (SSSR count). The number of rotatable bonds is 36. The minimum atomic E-state index is -1.10. The number of aliphatic hydroxyl groups is 1. The van der Waals surface area contributed by atoms with Crippen molar-refractivity contribution in [3.8, 4) is 5.75 Å². The van der Waals surface area contributed by atoms with Gasteiger partial charge in [0.25, 0.3) is 0 Å². The molecule has 19 nitrogen and oxygen atoms in total. The summed E-state index contributed by atoms with van der Waals surface area (Å²) in [4.78, 5) is 97.7. The Kier molecular flexibility index (Phi) is 28.2. The predicted octanol–water partition coefficient (Wildman–Crippen LogP) is 6.76. The number of pyridine rings is 1. The minimum Gasteiger partial charge on any atom is -0.497 e. The topological polar surface area (TPSA) is 281 Å². The van der Waals surface area contributed by atoms with E-state index in [1.807, 2.05) is 78.8 Å². The number of carbonyl (C=O) groups is 7. The van der Waals surface area contributed by atoms with Gasteiger partial charge in [0.2, 0.25) is 35.4 Å². The van der Waals surface area contributed by atoms with Gasteiger partial charge in [-0.15, -0.1) is 0 Å². The average molecular weight is 1110 g/mol. The molecule has 1 aromatic heterocycles. The summed E-state index contributed by atoms with van der Waals surface area (Å²) in [6.07, 6.45) is 6.59. The lowest BCUT2D eigenvalue weighted by molar-refractivity contribution is -0.133. The zero-order chi connectivity index (χ0) is 58.7. The molecule has 4 aromatic rings. The molecule has 0 fully saturated rings. The Balaban J connectivity index is 1.24. The first kappa shape index (κ1) is 65.7. The second kappa shape index (κ2) is 34.3. The molecule has 0 saturated carbocycles. The van der Waals surface area contributed by atoms with Gasteiger partial charge in [-0.05, 0) is 123 Å². The van der Waals surface area contributed by atoms with Crippen LogP contribution < -0.4 is 47.7 Å². The fraction of sp³-hybridized carbons (Fsp3) is 0.574. The third-order valence-corrected chi connectivity index (χ3v) is 14.1. The molecule has 0 aliphatic carbocycles. The highest BCUT2D eigenvalue weighted by atomic mass is 16.5. The number of nitrogens with two attached hydrogens (primary N) is 1. The van der Waals surface area contributed by atoms with Crippen LogP contribution in [0.3, 0.4) is 0 Å². The summed E-state index contributed by atoms with van der Waals surface area (Å²) in [5, 5.41) is 34.4. The summed E-state index contributed by atoms with van der Waals surface area (Å²) in [6.45, 7) is 16.8. The second-order valence-electron chi connectivity index (χ2n) is 21.8. The number of anilines is 1. The van der Waals surface area contributed by atoms with E-state index in [0.29, 0.717) is 69.3 Å². The third kappa shape index (κ3) is 22.0. The molecule has 80 heavy (non-hydrogen) atoms. The van der Waals surface area contributed by atoms with Gasteiger partial charge in [0.15, 0.2) is 0 Å². The standard InChI is InChI=1S/C61H91N9O10/c1-10-12-27-63-53(73)37-51(71)49(31-38(3)4)68-60(77)56(40(7)11-2)70-54(74)33-42-22-23-44-34-46(25-24-43(44)32-42)61(78)80-30-17-21-52(72)69-55(39(5)6)59(76)67-48(20-13-14-26-62)58(75)65-29-15-18-41(8)66-50-36-47(79-9)35-45-19-16-28-64-57(45)50/h16,19,22-25,28,32,34-36,38-41,48-49,51,55-56,66,71H,10-15,17-18,20-21,26-27,29-31,33,37,62H2,1-9H3,(H,63,73)(H,65,75)(H,67,76)(H,68,77)(H,69,72)(H,70,74)/t40?,41?,48-,49+,51+,55+,56+/m1/s1. The summed E-state index contributed by atoms with van der Waals surface area (Å²) >= 11 is 0. The number of unbranched alkanes of at least 4 members (excludes halogenated alkanes) is 2. The fourth-order valence-electron chi connectivity index (χ4n) is 9.30. The molecule has 10 N–H and O–H groups in total. The van der Waals surface area contributed by atoms with Crippen LogP contribution in [0.15, 0.2) is 66.9 Å². The van der Waals surface area contributed by atoms with E-state index >= 15 is 0 Å². The van der Waals surface area contributed by atoms with Crippen molar-refractivity contribution in [2.24, 2.45) is 23.5 Å². The van der Waals surface area contributed by atoms with E-state index in [1.165, 1.54) is 0 Å². The minimum absolute atomic E-state index is 0.0119. The van der Waals surface area contributed by atoms with Crippen molar-refractivity contribution >= 4 is 68.8 Å². The van der Waals surface area contributed by atoms with E-state index in [-0.39, 0.29) is 73.8 Å². The van der Waals surface area contributed by atoms with Crippen molar-refractivity contribution in [3.05, 3.63) is 78.0 Å². The van der Waals surface area contributed by atoms with Crippen LogP contribution in [0.5, 0.6) is 5.75 Å². The summed E-state index contributed by atoms with van der Waals surface area (Å²) in [7, 11) is 1.63. The van der Waals surface area contributed by atoms with Crippen LogP contribution in [0.25, 0.3) is 21.7 Å². The number of esters is 1. The molecule has 7 atom stereocenters. The molecule has 0 radical (unpaired) electrons. The highest BCUT2D eigenvalue weighted by Crippen LogP contribution is 2.29. The van der Waals surface area contributed by atoms with E-state index in [0.717, 1.165) is 52.4 Å². The molecular weight excluding hydrogens is 1020 g/mol. The molecule has 0 saturated heterocycles. The molecule has 2 unspecified atom stereocenters. The second-order valence-corrected chi connectivity index (χ2v) is 21.8. The van der Waals surface area contributed by atoms with Gasteiger partial charge in [-0.3, -0.25) is 33.8 Å². The maximum Gasteiger partial charge on any atom is 0.338 e. The van der Waals surface area contributed by atoms with Crippen molar-refractivity contribution in [3.63, 3.8) is 0 Å². The van der Waals surface area contributed by atoms with E-state index in [4.69, 9.17) is 15.2 Å². The van der Waals surface area contributed by atoms with E-state index in [1.54, 1.807) is 43.6 Å². The van der Waals surface area contributed by atoms with Crippen LogP contribution in [0, 0.1) is 17.8 Å². The lowest BCUT2D eigenvalue weighted by atomic mass is 9.94. The third-order valence-electron chi connectivity index (χ3n) is 14.1. The largest absolute Gasteiger partial charge is 0.497 e. The van der Waals surface area contributed by atoms with Gasteiger partial charge in [0.05, 0.1) is 55.5 Å². The predicted molar refractivity (Wildman–Crippen MR) is 314 cm³/mol. The lowest BCUT2D eigenvalue weighted by Gasteiger charge is -2.30. The number of aromatic nitrogens is 1. The van der Waals surface area contributed by atoms with Gasteiger partial charge in [0.1, 0.15) is 23.9 Å². The van der Waals surface area contributed by atoms with Crippen LogP contribution in [0.1, 0.15) is 148 Å². The van der Waals surface area contributed by atoms with Gasteiger partial charge in [-0.25, -0.2) is 4.79 Å². The number of methoxy groups -OCH3 is 1. The number of hydrogen-bond acceptors (Lipinski definition) is 13. The summed E-state index contributed by atoms with van der Waals surface area (Å²) in [5.74, 6) is -2.50. The first-order valence-corrected chi connectivity index (χ1v) is 28.8. The average Bonchev–Trinajstić information content (AvgIpc) is 3.43. The van der Waals surface area contributed by atoms with Crippen molar-refractivity contribution in [2.45, 2.75) is 175 Å². The van der Waals surface area contributed by atoms with Gasteiger partial charge < -0.3 is 57.5 Å². The summed E-state index contributed by atoms with van der Waals surface area (Å²) in [5.41, 5.74) is 8.44. The molecule has 0 spiro atoms. The number of ether oxygens (including phenoxy) is 2. The van der Waals surface area contributed by atoms with Crippen LogP contribution in [0.4, 0.5) is 5.69 Å². The van der Waals surface area contributed by atoms with Crippen molar-refractivity contribution in [1.29, 1.82) is 0 Å². The first-order valence-electron chi connectivity index (χ1n) is 28.8. The Morgan fingerprint density at radius 1 is 0.700 bits per heavy atom.